The SMILES string of the molecule is Cc1cc2c(cnn2C2CCCCO2)c(NC(=O)c2nc(OC[C@@H]3CCCN3C)nc(N3CCN(C(=O)OCc4ccccc4)[C@@H](CC#N)C3)c2N)c1C. The number of likely N-dealkylation sites (N-methyl/N-ethyl adjacent to an activating group) is 1. The second kappa shape index (κ2) is 16.3. The Morgan fingerprint density at radius 3 is 2.65 bits per heavy atom. The number of benzene rings is 2. The average Bonchev–Trinajstić information content (AvgIpc) is 3.81. The van der Waals surface area contributed by atoms with Crippen LogP contribution in [0.1, 0.15) is 71.9 Å². The summed E-state index contributed by atoms with van der Waals surface area (Å²) in [6, 6.07) is 13.4. The van der Waals surface area contributed by atoms with Crippen molar-refractivity contribution in [3.05, 3.63) is 65.0 Å². The van der Waals surface area contributed by atoms with Crippen molar-refractivity contribution in [3.63, 3.8) is 0 Å². The molecule has 7 rings (SSSR count). The van der Waals surface area contributed by atoms with Gasteiger partial charge in [0.2, 0.25) is 0 Å². The van der Waals surface area contributed by atoms with Gasteiger partial charge in [0.15, 0.2) is 17.7 Å². The Morgan fingerprint density at radius 1 is 1.07 bits per heavy atom. The lowest BCUT2D eigenvalue weighted by molar-refractivity contribution is -0.0366. The van der Waals surface area contributed by atoms with Crippen LogP contribution in [0.5, 0.6) is 6.01 Å². The summed E-state index contributed by atoms with van der Waals surface area (Å²) in [5, 5.41) is 18.3. The van der Waals surface area contributed by atoms with Crippen molar-refractivity contribution >= 4 is 40.1 Å². The topological polar surface area (TPSA) is 177 Å². The number of ether oxygens (including phenoxy) is 3. The van der Waals surface area contributed by atoms with Crippen molar-refractivity contribution in [2.75, 3.05) is 62.4 Å². The molecule has 3 saturated heterocycles. The van der Waals surface area contributed by atoms with Crippen LogP contribution < -0.4 is 20.7 Å². The molecule has 0 bridgehead atoms. The fourth-order valence-corrected chi connectivity index (χ4v) is 7.55. The molecule has 54 heavy (non-hydrogen) atoms. The summed E-state index contributed by atoms with van der Waals surface area (Å²) >= 11 is 0. The second-order valence-corrected chi connectivity index (χ2v) is 14.4. The Kier molecular flexibility index (Phi) is 11.1. The van der Waals surface area contributed by atoms with E-state index in [1.165, 1.54) is 0 Å². The number of nitrogens with zero attached hydrogens (tertiary/aromatic N) is 8. The van der Waals surface area contributed by atoms with Crippen LogP contribution in [0.15, 0.2) is 42.6 Å². The van der Waals surface area contributed by atoms with Crippen LogP contribution in [0, 0.1) is 25.2 Å². The van der Waals surface area contributed by atoms with Crippen LogP contribution in [0.2, 0.25) is 0 Å². The fraction of sp³-hybridized carbons (Fsp3) is 0.487. The molecule has 0 radical (unpaired) electrons. The molecule has 1 unspecified atom stereocenters. The standard InChI is InChI=1S/C39H48N10O5/c1-25-20-31-30(21-42-49(31)32-13-7-8-19-52-32)34(26(25)2)43-37(50)35-33(41)36(45-38(44-35)53-24-29-12-9-16-46(29)3)47-17-18-48(28(22-47)14-15-40)39(51)54-23-27-10-5-4-6-11-27/h4-6,10-11,20-21,28-29,32H,7-9,12-14,16-19,22-24,41H2,1-3H3,(H,43,50)/t28-,29-,32?/m0/s1. The fourth-order valence-electron chi connectivity index (χ4n) is 7.55. The highest BCUT2D eigenvalue weighted by Gasteiger charge is 2.35. The van der Waals surface area contributed by atoms with E-state index in [-0.39, 0.29) is 55.8 Å². The number of carbonyl (C=O) groups excluding carboxylic acids is 2. The smallest absolute Gasteiger partial charge is 0.410 e. The molecule has 3 aliphatic heterocycles. The summed E-state index contributed by atoms with van der Waals surface area (Å²) in [7, 11) is 2.06. The molecule has 3 N–H and O–H groups in total. The number of likely N-dealkylation sites (tertiary alicyclic amines) is 1. The first-order chi connectivity index (χ1) is 26.2. The Morgan fingerprint density at radius 2 is 1.91 bits per heavy atom. The first-order valence-corrected chi connectivity index (χ1v) is 18.7. The number of nitrogens with two attached hydrogens (primary N) is 1. The number of rotatable bonds is 10. The molecule has 2 amide bonds. The van der Waals surface area contributed by atoms with E-state index in [1.807, 2.05) is 53.8 Å². The number of amides is 2. The number of fused-ring (bicyclic) bond motifs is 1. The summed E-state index contributed by atoms with van der Waals surface area (Å²) < 4.78 is 19.8. The third kappa shape index (κ3) is 7.76. The molecule has 0 spiro atoms. The lowest BCUT2D eigenvalue weighted by Gasteiger charge is -2.40. The van der Waals surface area contributed by atoms with Gasteiger partial charge >= 0.3 is 12.1 Å². The molecule has 0 aliphatic carbocycles. The van der Waals surface area contributed by atoms with Crippen molar-refractivity contribution in [3.8, 4) is 12.1 Å². The van der Waals surface area contributed by atoms with Crippen molar-refractivity contribution in [2.24, 2.45) is 0 Å². The van der Waals surface area contributed by atoms with Crippen LogP contribution in [-0.2, 0) is 16.1 Å². The number of piperazine rings is 1. The maximum Gasteiger partial charge on any atom is 0.410 e. The van der Waals surface area contributed by atoms with E-state index in [2.05, 4.69) is 39.5 Å². The summed E-state index contributed by atoms with van der Waals surface area (Å²) in [5.74, 6) is -0.217. The van der Waals surface area contributed by atoms with Crippen LogP contribution in [0.3, 0.4) is 0 Å². The molecule has 15 nitrogen and oxygen atoms in total. The van der Waals surface area contributed by atoms with E-state index in [4.69, 9.17) is 24.9 Å². The van der Waals surface area contributed by atoms with Crippen molar-refractivity contribution in [1.82, 2.24) is 29.5 Å². The lowest BCUT2D eigenvalue weighted by atomic mass is 10.0. The molecule has 4 aromatic rings. The van der Waals surface area contributed by atoms with Gasteiger partial charge in [-0.15, -0.1) is 0 Å². The maximum atomic E-state index is 14.3. The van der Waals surface area contributed by atoms with Crippen LogP contribution >= 0.6 is 0 Å². The number of carbonyl (C=O) groups is 2. The second-order valence-electron chi connectivity index (χ2n) is 14.4. The van der Waals surface area contributed by atoms with Gasteiger partial charge < -0.3 is 40.0 Å². The number of hydrogen-bond acceptors (Lipinski definition) is 12. The Hall–Kier alpha value is -5.46. The highest BCUT2D eigenvalue weighted by molar-refractivity contribution is 6.12. The highest BCUT2D eigenvalue weighted by Crippen LogP contribution is 2.35. The van der Waals surface area contributed by atoms with Crippen molar-refractivity contribution < 1.29 is 23.8 Å². The first kappa shape index (κ1) is 36.9. The highest BCUT2D eigenvalue weighted by atomic mass is 16.6. The molecule has 2 aromatic heterocycles. The molecule has 2 aromatic carbocycles. The van der Waals surface area contributed by atoms with Crippen LogP contribution in [0.25, 0.3) is 10.9 Å². The van der Waals surface area contributed by atoms with E-state index in [9.17, 15) is 14.9 Å². The third-order valence-electron chi connectivity index (χ3n) is 10.8. The molecular weight excluding hydrogens is 688 g/mol. The number of nitrogen functional groups attached to an aromatic ring is 1. The summed E-state index contributed by atoms with van der Waals surface area (Å²) in [6.07, 6.45) is 6.14. The maximum absolute atomic E-state index is 14.3. The van der Waals surface area contributed by atoms with Crippen LogP contribution in [0.4, 0.5) is 22.0 Å². The van der Waals surface area contributed by atoms with Crippen molar-refractivity contribution in [1.29, 1.82) is 5.26 Å². The minimum absolute atomic E-state index is 0.0274. The van der Waals surface area contributed by atoms with Crippen molar-refractivity contribution in [2.45, 2.75) is 77.3 Å². The molecular formula is C39H48N10O5. The molecule has 3 aliphatic rings. The molecule has 284 valence electrons. The molecule has 3 atom stereocenters. The zero-order valence-corrected chi connectivity index (χ0v) is 31.2. The van der Waals surface area contributed by atoms with Gasteiger partial charge in [0.05, 0.1) is 35.9 Å². The molecule has 3 fully saturated rings. The van der Waals surface area contributed by atoms with Gasteiger partial charge in [-0.05, 0) is 82.3 Å². The minimum atomic E-state index is -0.521. The predicted octanol–water partition coefficient (Wildman–Crippen LogP) is 5.19. The third-order valence-corrected chi connectivity index (χ3v) is 10.8. The first-order valence-electron chi connectivity index (χ1n) is 18.7. The van der Waals surface area contributed by atoms with Gasteiger partial charge in [-0.25, -0.2) is 9.48 Å². The van der Waals surface area contributed by atoms with E-state index in [0.717, 1.165) is 66.2 Å². The quantitative estimate of drug-likeness (QED) is 0.218. The number of nitrogens with one attached hydrogen (secondary N) is 1. The molecule has 5 heterocycles. The minimum Gasteiger partial charge on any atom is -0.462 e. The summed E-state index contributed by atoms with van der Waals surface area (Å²) in [4.78, 5) is 42.6. The average molecular weight is 737 g/mol. The Balaban J connectivity index is 1.17. The van der Waals surface area contributed by atoms with E-state index >= 15 is 0 Å². The van der Waals surface area contributed by atoms with E-state index in [1.54, 1.807) is 11.1 Å². The van der Waals surface area contributed by atoms with Gasteiger partial charge in [-0.3, -0.25) is 4.79 Å². The van der Waals surface area contributed by atoms with Crippen LogP contribution in [-0.4, -0.2) is 100 Å². The van der Waals surface area contributed by atoms with Gasteiger partial charge in [0, 0.05) is 37.7 Å². The lowest BCUT2D eigenvalue weighted by Crippen LogP contribution is -2.55. The number of aryl methyl sites for hydroxylation is 1. The van der Waals surface area contributed by atoms with Gasteiger partial charge in [-0.2, -0.15) is 20.3 Å². The Bertz CT molecular complexity index is 2030. The monoisotopic (exact) mass is 736 g/mol. The van der Waals surface area contributed by atoms with Gasteiger partial charge in [0.25, 0.3) is 5.91 Å². The number of hydrogen-bond donors (Lipinski definition) is 2. The van der Waals surface area contributed by atoms with Gasteiger partial charge in [0.1, 0.15) is 18.9 Å². The normalized spacial score (nSPS) is 20.5. The summed E-state index contributed by atoms with van der Waals surface area (Å²) in [6.45, 7) is 6.90. The zero-order valence-electron chi connectivity index (χ0n) is 31.2. The molecule has 15 heteroatoms. The number of anilines is 3. The van der Waals surface area contributed by atoms with E-state index < -0.39 is 18.0 Å². The number of nitriles is 1. The predicted molar refractivity (Wildman–Crippen MR) is 203 cm³/mol. The van der Waals surface area contributed by atoms with Gasteiger partial charge in [-0.1, -0.05) is 30.3 Å². The zero-order chi connectivity index (χ0) is 37.8. The largest absolute Gasteiger partial charge is 0.462 e. The number of aromatic nitrogens is 4. The Labute approximate surface area is 315 Å². The van der Waals surface area contributed by atoms with E-state index in [0.29, 0.717) is 31.3 Å². The molecule has 0 saturated carbocycles. The summed E-state index contributed by atoms with van der Waals surface area (Å²) in [5.41, 5.74) is 11.1.